The van der Waals surface area contributed by atoms with E-state index in [0.29, 0.717) is 5.69 Å². The van der Waals surface area contributed by atoms with Crippen molar-refractivity contribution in [2.24, 2.45) is 0 Å². The molecule has 0 aliphatic carbocycles. The van der Waals surface area contributed by atoms with E-state index in [4.69, 9.17) is 0 Å². The van der Waals surface area contributed by atoms with E-state index in [-0.39, 0.29) is 33.8 Å². The first-order valence-corrected chi connectivity index (χ1v) is 10.3. The SMILES string of the molecule is O=C1C[C@H](c2cccc(O)c2)c2scc(S(=O)(=O)c3ccccc3)c2N1. The molecule has 1 atom stereocenters. The molecule has 1 aromatic heterocycles. The summed E-state index contributed by atoms with van der Waals surface area (Å²) in [5.74, 6) is -0.409. The van der Waals surface area contributed by atoms with Gasteiger partial charge in [-0.15, -0.1) is 11.3 Å². The summed E-state index contributed by atoms with van der Waals surface area (Å²) in [6.45, 7) is 0. The van der Waals surface area contributed by atoms with E-state index in [0.717, 1.165) is 10.4 Å². The van der Waals surface area contributed by atoms with Crippen molar-refractivity contribution in [3.8, 4) is 5.75 Å². The predicted molar refractivity (Wildman–Crippen MR) is 99.4 cm³/mol. The molecule has 0 unspecified atom stereocenters. The zero-order chi connectivity index (χ0) is 18.3. The van der Waals surface area contributed by atoms with Crippen molar-refractivity contribution < 1.29 is 18.3 Å². The second kappa shape index (κ2) is 6.26. The first kappa shape index (κ1) is 16.8. The van der Waals surface area contributed by atoms with Crippen LogP contribution < -0.4 is 5.32 Å². The van der Waals surface area contributed by atoms with Gasteiger partial charge in [0.05, 0.1) is 10.6 Å². The number of phenolic OH excluding ortho intramolecular Hbond substituents is 1. The largest absolute Gasteiger partial charge is 0.508 e. The fourth-order valence-electron chi connectivity index (χ4n) is 3.14. The third-order valence-corrected chi connectivity index (χ3v) is 7.41. The summed E-state index contributed by atoms with van der Waals surface area (Å²) in [6, 6.07) is 14.9. The van der Waals surface area contributed by atoms with Crippen molar-refractivity contribution >= 4 is 32.8 Å². The first-order valence-electron chi connectivity index (χ1n) is 7.97. The van der Waals surface area contributed by atoms with Gasteiger partial charge in [0.2, 0.25) is 15.7 Å². The molecule has 2 N–H and O–H groups in total. The number of rotatable bonds is 3. The lowest BCUT2D eigenvalue weighted by Crippen LogP contribution is -2.23. The molecule has 0 saturated heterocycles. The molecule has 2 aromatic carbocycles. The van der Waals surface area contributed by atoms with Gasteiger partial charge in [0.15, 0.2) is 0 Å². The molecule has 4 rings (SSSR count). The lowest BCUT2D eigenvalue weighted by molar-refractivity contribution is -0.116. The summed E-state index contributed by atoms with van der Waals surface area (Å²) >= 11 is 1.31. The van der Waals surface area contributed by atoms with Crippen LogP contribution in [0.3, 0.4) is 0 Å². The van der Waals surface area contributed by atoms with E-state index in [9.17, 15) is 18.3 Å². The number of hydrogen-bond acceptors (Lipinski definition) is 5. The number of fused-ring (bicyclic) bond motifs is 1. The average Bonchev–Trinajstić information content (AvgIpc) is 3.06. The van der Waals surface area contributed by atoms with E-state index in [1.54, 1.807) is 41.8 Å². The highest BCUT2D eigenvalue weighted by atomic mass is 32.2. The minimum Gasteiger partial charge on any atom is -0.508 e. The summed E-state index contributed by atoms with van der Waals surface area (Å²) in [6.07, 6.45) is 0.210. The van der Waals surface area contributed by atoms with Crippen LogP contribution in [-0.2, 0) is 14.6 Å². The summed E-state index contributed by atoms with van der Waals surface area (Å²) in [5.41, 5.74) is 1.13. The molecule has 132 valence electrons. The number of carbonyl (C=O) groups excluding carboxylic acids is 1. The molecule has 5 nitrogen and oxygen atoms in total. The Hall–Kier alpha value is -2.64. The number of phenols is 1. The monoisotopic (exact) mass is 385 g/mol. The summed E-state index contributed by atoms with van der Waals surface area (Å²) < 4.78 is 26.0. The highest BCUT2D eigenvalue weighted by Crippen LogP contribution is 2.46. The Morgan fingerprint density at radius 3 is 2.58 bits per heavy atom. The molecule has 7 heteroatoms. The van der Waals surface area contributed by atoms with Crippen LogP contribution >= 0.6 is 11.3 Å². The fourth-order valence-corrected chi connectivity index (χ4v) is 6.07. The van der Waals surface area contributed by atoms with Crippen LogP contribution in [0.4, 0.5) is 5.69 Å². The molecule has 0 spiro atoms. The molecular formula is C19H15NO4S2. The van der Waals surface area contributed by atoms with Gasteiger partial charge in [0, 0.05) is 22.6 Å². The van der Waals surface area contributed by atoms with Crippen LogP contribution in [0.5, 0.6) is 5.75 Å². The van der Waals surface area contributed by atoms with Gasteiger partial charge in [-0.2, -0.15) is 0 Å². The molecule has 1 aliphatic heterocycles. The van der Waals surface area contributed by atoms with Gasteiger partial charge in [-0.1, -0.05) is 30.3 Å². The van der Waals surface area contributed by atoms with Gasteiger partial charge in [0.1, 0.15) is 10.6 Å². The molecule has 1 amide bonds. The fraction of sp³-hybridized carbons (Fsp3) is 0.105. The lowest BCUT2D eigenvalue weighted by atomic mass is 9.90. The Morgan fingerprint density at radius 2 is 1.85 bits per heavy atom. The highest BCUT2D eigenvalue weighted by Gasteiger charge is 2.34. The Kier molecular flexibility index (Phi) is 4.05. The maximum Gasteiger partial charge on any atom is 0.225 e. The minimum absolute atomic E-state index is 0.113. The van der Waals surface area contributed by atoms with Crippen LogP contribution in [0.15, 0.2) is 69.8 Å². The number of nitrogens with one attached hydrogen (secondary N) is 1. The Labute approximate surface area is 154 Å². The number of hydrogen-bond donors (Lipinski definition) is 2. The smallest absolute Gasteiger partial charge is 0.225 e. The number of benzene rings is 2. The molecule has 1 aliphatic rings. The topological polar surface area (TPSA) is 83.5 Å². The summed E-state index contributed by atoms with van der Waals surface area (Å²) in [7, 11) is -3.73. The van der Waals surface area contributed by atoms with Crippen LogP contribution in [0, 0.1) is 0 Å². The van der Waals surface area contributed by atoms with Gasteiger partial charge >= 0.3 is 0 Å². The molecule has 0 fully saturated rings. The van der Waals surface area contributed by atoms with Crippen molar-refractivity contribution in [1.82, 2.24) is 0 Å². The minimum atomic E-state index is -3.73. The van der Waals surface area contributed by atoms with Crippen molar-refractivity contribution in [3.63, 3.8) is 0 Å². The average molecular weight is 385 g/mol. The van der Waals surface area contributed by atoms with Crippen molar-refractivity contribution in [2.75, 3.05) is 5.32 Å². The van der Waals surface area contributed by atoms with Crippen molar-refractivity contribution in [2.45, 2.75) is 22.1 Å². The summed E-state index contributed by atoms with van der Waals surface area (Å²) in [5, 5.41) is 14.1. The van der Waals surface area contributed by atoms with E-state index in [1.807, 2.05) is 6.07 Å². The number of sulfone groups is 1. The molecule has 0 radical (unpaired) electrons. The van der Waals surface area contributed by atoms with E-state index >= 15 is 0 Å². The van der Waals surface area contributed by atoms with Crippen LogP contribution in [0.1, 0.15) is 22.8 Å². The molecule has 26 heavy (non-hydrogen) atoms. The first-order chi connectivity index (χ1) is 12.5. The van der Waals surface area contributed by atoms with Crippen LogP contribution in [0.25, 0.3) is 0 Å². The van der Waals surface area contributed by atoms with Crippen molar-refractivity contribution in [3.05, 3.63) is 70.4 Å². The third kappa shape index (κ3) is 2.79. The number of aromatic hydroxyl groups is 1. The number of thiophene rings is 1. The van der Waals surface area contributed by atoms with Crippen LogP contribution in [-0.4, -0.2) is 19.4 Å². The predicted octanol–water partition coefficient (Wildman–Crippen LogP) is 3.76. The van der Waals surface area contributed by atoms with Gasteiger partial charge in [-0.25, -0.2) is 8.42 Å². The Balaban J connectivity index is 1.85. The molecule has 3 aromatic rings. The normalized spacial score (nSPS) is 16.8. The third-order valence-electron chi connectivity index (χ3n) is 4.37. The molecule has 2 heterocycles. The maximum atomic E-state index is 13.0. The highest BCUT2D eigenvalue weighted by molar-refractivity contribution is 7.91. The zero-order valence-corrected chi connectivity index (χ0v) is 15.2. The van der Waals surface area contributed by atoms with E-state index in [1.165, 1.54) is 23.5 Å². The summed E-state index contributed by atoms with van der Waals surface area (Å²) in [4.78, 5) is 13.3. The van der Waals surface area contributed by atoms with Crippen molar-refractivity contribution in [1.29, 1.82) is 0 Å². The standard InChI is InChI=1S/C19H15NO4S2/c21-13-6-4-5-12(9-13)15-10-17(22)20-18-16(11-25-19(15)18)26(23,24)14-7-2-1-3-8-14/h1-9,11,15,21H,10H2,(H,20,22)/t15-/m1/s1. The molecule has 0 saturated carbocycles. The quantitative estimate of drug-likeness (QED) is 0.719. The van der Waals surface area contributed by atoms with E-state index < -0.39 is 9.84 Å². The second-order valence-corrected chi connectivity index (χ2v) is 8.88. The van der Waals surface area contributed by atoms with Gasteiger partial charge in [-0.05, 0) is 29.8 Å². The lowest BCUT2D eigenvalue weighted by Gasteiger charge is -2.23. The zero-order valence-electron chi connectivity index (χ0n) is 13.5. The van der Waals surface area contributed by atoms with Gasteiger partial charge in [-0.3, -0.25) is 4.79 Å². The number of carbonyl (C=O) groups is 1. The maximum absolute atomic E-state index is 13.0. The molecular weight excluding hydrogens is 370 g/mol. The Bertz CT molecular complexity index is 1090. The van der Waals surface area contributed by atoms with E-state index in [2.05, 4.69) is 5.32 Å². The number of anilines is 1. The second-order valence-electron chi connectivity index (χ2n) is 6.06. The van der Waals surface area contributed by atoms with Gasteiger partial charge < -0.3 is 10.4 Å². The molecule has 0 bridgehead atoms. The van der Waals surface area contributed by atoms with Crippen LogP contribution in [0.2, 0.25) is 0 Å². The number of amides is 1. The van der Waals surface area contributed by atoms with Gasteiger partial charge in [0.25, 0.3) is 0 Å². The Morgan fingerprint density at radius 1 is 1.08 bits per heavy atom.